The number of hydrogen-bond acceptors (Lipinski definition) is 5. The Morgan fingerprint density at radius 1 is 1.22 bits per heavy atom. The number of benzene rings is 1. The molecule has 0 bridgehead atoms. The molecule has 2 aromatic heterocycles. The van der Waals surface area contributed by atoms with Crippen molar-refractivity contribution in [3.8, 4) is 11.3 Å². The Morgan fingerprint density at radius 2 is 2.03 bits per heavy atom. The van der Waals surface area contributed by atoms with Crippen LogP contribution in [0.1, 0.15) is 43.7 Å². The maximum absolute atomic E-state index is 13.6. The van der Waals surface area contributed by atoms with Crippen molar-refractivity contribution in [3.05, 3.63) is 71.7 Å². The number of nitrogens with zero attached hydrogens (tertiary/aromatic N) is 3. The third-order valence-electron chi connectivity index (χ3n) is 6.17. The number of carbonyl (C=O) groups is 1. The van der Waals surface area contributed by atoms with Crippen LogP contribution in [0, 0.1) is 12.8 Å². The van der Waals surface area contributed by atoms with E-state index in [0.29, 0.717) is 25.4 Å². The first-order chi connectivity index (χ1) is 15.5. The summed E-state index contributed by atoms with van der Waals surface area (Å²) in [6, 6.07) is 16.1. The van der Waals surface area contributed by atoms with E-state index in [0.717, 1.165) is 42.1 Å². The van der Waals surface area contributed by atoms with Crippen molar-refractivity contribution in [3.63, 3.8) is 0 Å². The summed E-state index contributed by atoms with van der Waals surface area (Å²) in [5, 5.41) is 7.48. The summed E-state index contributed by atoms with van der Waals surface area (Å²) in [5.74, 6) is 1.18. The predicted octanol–water partition coefficient (Wildman–Crippen LogP) is 4.39. The first-order valence-electron chi connectivity index (χ1n) is 11.4. The summed E-state index contributed by atoms with van der Waals surface area (Å²) < 4.78 is 5.74. The van der Waals surface area contributed by atoms with E-state index in [9.17, 15) is 4.79 Å². The number of amides is 1. The van der Waals surface area contributed by atoms with Crippen molar-refractivity contribution < 1.29 is 9.32 Å². The molecule has 1 aliphatic heterocycles. The second-order valence-corrected chi connectivity index (χ2v) is 9.20. The second kappa shape index (κ2) is 9.65. The van der Waals surface area contributed by atoms with Crippen LogP contribution in [0.15, 0.2) is 59.3 Å². The smallest absolute Gasteiger partial charge is 0.241 e. The Morgan fingerprint density at radius 3 is 2.75 bits per heavy atom. The van der Waals surface area contributed by atoms with Crippen LogP contribution < -0.4 is 5.32 Å². The van der Waals surface area contributed by atoms with Gasteiger partial charge in [0.05, 0.1) is 5.69 Å². The SMILES string of the molecule is Cc1ccc(-c2cc(C[C@]3(C(=O)NCC(C)C)CCCN3Cc3ccccn3)on2)cc1. The minimum Gasteiger partial charge on any atom is -0.361 e. The first-order valence-corrected chi connectivity index (χ1v) is 11.4. The molecule has 6 nitrogen and oxygen atoms in total. The van der Waals surface area contributed by atoms with Gasteiger partial charge in [-0.15, -0.1) is 0 Å². The van der Waals surface area contributed by atoms with Crippen LogP contribution >= 0.6 is 0 Å². The van der Waals surface area contributed by atoms with Gasteiger partial charge in [0, 0.05) is 37.3 Å². The first kappa shape index (κ1) is 22.2. The van der Waals surface area contributed by atoms with Crippen molar-refractivity contribution in [2.24, 2.45) is 5.92 Å². The fourth-order valence-electron chi connectivity index (χ4n) is 4.40. The Bertz CT molecular complexity index is 1030. The molecule has 6 heteroatoms. The normalized spacial score (nSPS) is 18.9. The van der Waals surface area contributed by atoms with Crippen LogP contribution in [0.2, 0.25) is 0 Å². The molecule has 3 aromatic rings. The highest BCUT2D eigenvalue weighted by molar-refractivity contribution is 5.87. The van der Waals surface area contributed by atoms with Crippen LogP contribution in [0.25, 0.3) is 11.3 Å². The van der Waals surface area contributed by atoms with Crippen molar-refractivity contribution in [2.45, 2.75) is 52.1 Å². The molecule has 0 saturated carbocycles. The summed E-state index contributed by atoms with van der Waals surface area (Å²) in [6.07, 6.45) is 4.03. The largest absolute Gasteiger partial charge is 0.361 e. The number of hydrogen-bond donors (Lipinski definition) is 1. The topological polar surface area (TPSA) is 71.3 Å². The molecule has 32 heavy (non-hydrogen) atoms. The summed E-state index contributed by atoms with van der Waals surface area (Å²) in [4.78, 5) is 20.3. The lowest BCUT2D eigenvalue weighted by atomic mass is 9.88. The average Bonchev–Trinajstić information content (AvgIpc) is 3.41. The zero-order valence-corrected chi connectivity index (χ0v) is 19.2. The molecule has 168 valence electrons. The van der Waals surface area contributed by atoms with E-state index in [1.54, 1.807) is 6.20 Å². The molecule has 4 rings (SSSR count). The van der Waals surface area contributed by atoms with E-state index < -0.39 is 5.54 Å². The fraction of sp³-hybridized carbons (Fsp3) is 0.423. The standard InChI is InChI=1S/C26H32N4O2/c1-19(2)17-28-25(31)26(12-6-14-30(26)18-22-7-4-5-13-27-22)16-23-15-24(29-32-23)21-10-8-20(3)9-11-21/h4-5,7-11,13,15,19H,6,12,14,16-18H2,1-3H3,(H,28,31)/t26-/m0/s1. The van der Waals surface area contributed by atoms with E-state index in [-0.39, 0.29) is 5.91 Å². The van der Waals surface area contributed by atoms with E-state index in [2.05, 4.69) is 53.3 Å². The molecule has 0 spiro atoms. The lowest BCUT2D eigenvalue weighted by Gasteiger charge is -2.36. The molecule has 1 amide bonds. The number of rotatable bonds is 8. The Labute approximate surface area is 190 Å². The highest BCUT2D eigenvalue weighted by Crippen LogP contribution is 2.35. The minimum atomic E-state index is -0.670. The van der Waals surface area contributed by atoms with Gasteiger partial charge in [-0.2, -0.15) is 0 Å². The second-order valence-electron chi connectivity index (χ2n) is 9.20. The quantitative estimate of drug-likeness (QED) is 0.571. The van der Waals surface area contributed by atoms with Gasteiger partial charge in [0.1, 0.15) is 17.0 Å². The van der Waals surface area contributed by atoms with Crippen LogP contribution in [0.4, 0.5) is 0 Å². The number of nitrogens with one attached hydrogen (secondary N) is 1. The zero-order chi connectivity index (χ0) is 22.6. The van der Waals surface area contributed by atoms with Gasteiger partial charge >= 0.3 is 0 Å². The number of aromatic nitrogens is 2. The number of carbonyl (C=O) groups excluding carboxylic acids is 1. The van der Waals surface area contributed by atoms with E-state index in [1.165, 1.54) is 5.56 Å². The van der Waals surface area contributed by atoms with Gasteiger partial charge in [-0.25, -0.2) is 0 Å². The van der Waals surface area contributed by atoms with Crippen molar-refractivity contribution in [1.29, 1.82) is 0 Å². The Balaban J connectivity index is 1.61. The molecule has 0 unspecified atom stereocenters. The number of pyridine rings is 1. The van der Waals surface area contributed by atoms with Gasteiger partial charge in [0.2, 0.25) is 5.91 Å². The van der Waals surface area contributed by atoms with Crippen LogP contribution in [-0.2, 0) is 17.8 Å². The summed E-state index contributed by atoms with van der Waals surface area (Å²) >= 11 is 0. The van der Waals surface area contributed by atoms with E-state index >= 15 is 0 Å². The third kappa shape index (κ3) is 4.91. The molecule has 1 atom stereocenters. The monoisotopic (exact) mass is 432 g/mol. The lowest BCUT2D eigenvalue weighted by molar-refractivity contribution is -0.132. The van der Waals surface area contributed by atoms with Crippen LogP contribution in [0.5, 0.6) is 0 Å². The third-order valence-corrected chi connectivity index (χ3v) is 6.17. The highest BCUT2D eigenvalue weighted by Gasteiger charge is 2.48. The fourth-order valence-corrected chi connectivity index (χ4v) is 4.40. The molecule has 1 fully saturated rings. The van der Waals surface area contributed by atoms with E-state index in [4.69, 9.17) is 4.52 Å². The number of aryl methyl sites for hydroxylation is 1. The van der Waals surface area contributed by atoms with Crippen LogP contribution in [0.3, 0.4) is 0 Å². The molecule has 1 N–H and O–H groups in total. The van der Waals surface area contributed by atoms with Gasteiger partial charge in [-0.3, -0.25) is 14.7 Å². The van der Waals surface area contributed by atoms with Gasteiger partial charge < -0.3 is 9.84 Å². The van der Waals surface area contributed by atoms with Crippen LogP contribution in [-0.4, -0.2) is 39.6 Å². The summed E-state index contributed by atoms with van der Waals surface area (Å²) in [6.45, 7) is 8.42. The average molecular weight is 433 g/mol. The molecule has 0 aliphatic carbocycles. The summed E-state index contributed by atoms with van der Waals surface area (Å²) in [5.41, 5.74) is 3.31. The molecule has 1 aliphatic rings. The van der Waals surface area contributed by atoms with E-state index in [1.807, 2.05) is 36.4 Å². The van der Waals surface area contributed by atoms with Gasteiger partial charge in [-0.1, -0.05) is 54.9 Å². The molecule has 3 heterocycles. The molecular weight excluding hydrogens is 400 g/mol. The Kier molecular flexibility index (Phi) is 6.70. The maximum atomic E-state index is 13.6. The van der Waals surface area contributed by atoms with Crippen molar-refractivity contribution in [1.82, 2.24) is 20.4 Å². The van der Waals surface area contributed by atoms with Gasteiger partial charge in [0.25, 0.3) is 0 Å². The summed E-state index contributed by atoms with van der Waals surface area (Å²) in [7, 11) is 0. The zero-order valence-electron chi connectivity index (χ0n) is 19.2. The van der Waals surface area contributed by atoms with Gasteiger partial charge in [0.15, 0.2) is 0 Å². The van der Waals surface area contributed by atoms with Crippen molar-refractivity contribution >= 4 is 5.91 Å². The molecule has 1 saturated heterocycles. The minimum absolute atomic E-state index is 0.0629. The molecule has 0 radical (unpaired) electrons. The lowest BCUT2D eigenvalue weighted by Crippen LogP contribution is -2.57. The molecular formula is C26H32N4O2. The van der Waals surface area contributed by atoms with Crippen molar-refractivity contribution in [2.75, 3.05) is 13.1 Å². The van der Waals surface area contributed by atoms with Gasteiger partial charge in [-0.05, 0) is 44.4 Å². The molecule has 1 aromatic carbocycles. The highest BCUT2D eigenvalue weighted by atomic mass is 16.5. The predicted molar refractivity (Wildman–Crippen MR) is 125 cm³/mol. The Hall–Kier alpha value is -2.99. The number of likely N-dealkylation sites (tertiary alicyclic amines) is 1. The maximum Gasteiger partial charge on any atom is 0.241 e.